The SMILES string of the molecule is CCOc1cc(-n2ccc(C)n2)c(N)cc1F. The van der Waals surface area contributed by atoms with Gasteiger partial charge in [0.05, 0.1) is 23.7 Å². The number of nitrogens with two attached hydrogens (primary N) is 1. The highest BCUT2D eigenvalue weighted by atomic mass is 19.1. The fraction of sp³-hybridized carbons (Fsp3) is 0.250. The van der Waals surface area contributed by atoms with Gasteiger partial charge in [-0.3, -0.25) is 0 Å². The Kier molecular flexibility index (Phi) is 2.99. The zero-order valence-corrected chi connectivity index (χ0v) is 9.77. The lowest BCUT2D eigenvalue weighted by Gasteiger charge is -2.10. The number of aryl methyl sites for hydroxylation is 1. The summed E-state index contributed by atoms with van der Waals surface area (Å²) < 4.78 is 20.3. The highest BCUT2D eigenvalue weighted by Gasteiger charge is 2.10. The molecular weight excluding hydrogens is 221 g/mol. The molecule has 0 spiro atoms. The number of ether oxygens (including phenoxy) is 1. The summed E-state index contributed by atoms with van der Waals surface area (Å²) in [6.07, 6.45) is 1.77. The Balaban J connectivity index is 2.50. The molecule has 2 rings (SSSR count). The highest BCUT2D eigenvalue weighted by molar-refractivity contribution is 5.60. The Hall–Kier alpha value is -2.04. The third kappa shape index (κ3) is 2.22. The average molecular weight is 235 g/mol. The van der Waals surface area contributed by atoms with Crippen LogP contribution in [0.1, 0.15) is 12.6 Å². The van der Waals surface area contributed by atoms with Gasteiger partial charge in [-0.05, 0) is 19.9 Å². The van der Waals surface area contributed by atoms with Gasteiger partial charge in [-0.1, -0.05) is 0 Å². The summed E-state index contributed by atoms with van der Waals surface area (Å²) >= 11 is 0. The normalized spacial score (nSPS) is 10.5. The lowest BCUT2D eigenvalue weighted by Crippen LogP contribution is -2.04. The molecule has 0 saturated heterocycles. The number of benzene rings is 1. The fourth-order valence-corrected chi connectivity index (χ4v) is 1.57. The van der Waals surface area contributed by atoms with Crippen molar-refractivity contribution < 1.29 is 9.13 Å². The van der Waals surface area contributed by atoms with Crippen LogP contribution in [-0.2, 0) is 0 Å². The molecule has 0 aliphatic carbocycles. The van der Waals surface area contributed by atoms with Gasteiger partial charge in [-0.15, -0.1) is 0 Å². The van der Waals surface area contributed by atoms with Crippen molar-refractivity contribution in [3.8, 4) is 11.4 Å². The second-order valence-corrected chi connectivity index (χ2v) is 3.68. The van der Waals surface area contributed by atoms with Gasteiger partial charge in [0.15, 0.2) is 11.6 Å². The van der Waals surface area contributed by atoms with E-state index in [1.54, 1.807) is 23.9 Å². The first-order chi connectivity index (χ1) is 8.11. The van der Waals surface area contributed by atoms with Crippen LogP contribution in [0.3, 0.4) is 0 Å². The molecule has 2 aromatic rings. The first-order valence-electron chi connectivity index (χ1n) is 5.36. The number of aromatic nitrogens is 2. The lowest BCUT2D eigenvalue weighted by atomic mass is 10.2. The molecule has 4 nitrogen and oxygen atoms in total. The van der Waals surface area contributed by atoms with E-state index >= 15 is 0 Å². The second kappa shape index (κ2) is 4.45. The summed E-state index contributed by atoms with van der Waals surface area (Å²) in [7, 11) is 0. The molecule has 2 N–H and O–H groups in total. The molecule has 17 heavy (non-hydrogen) atoms. The number of anilines is 1. The Morgan fingerprint density at radius 3 is 2.82 bits per heavy atom. The number of rotatable bonds is 3. The molecule has 0 unspecified atom stereocenters. The largest absolute Gasteiger partial charge is 0.491 e. The number of nitrogens with zero attached hydrogens (tertiary/aromatic N) is 2. The second-order valence-electron chi connectivity index (χ2n) is 3.68. The molecule has 0 aliphatic rings. The summed E-state index contributed by atoms with van der Waals surface area (Å²) in [4.78, 5) is 0. The summed E-state index contributed by atoms with van der Waals surface area (Å²) in [6.45, 7) is 4.08. The highest BCUT2D eigenvalue weighted by Crippen LogP contribution is 2.26. The molecule has 0 amide bonds. The maximum Gasteiger partial charge on any atom is 0.167 e. The number of hydrogen-bond donors (Lipinski definition) is 1. The Labute approximate surface area is 98.8 Å². The van der Waals surface area contributed by atoms with Gasteiger partial charge in [-0.25, -0.2) is 9.07 Å². The molecule has 1 aromatic carbocycles. The standard InChI is InChI=1S/C12H14FN3O/c1-3-17-12-7-11(10(14)6-9(12)13)16-5-4-8(2)15-16/h4-7H,3,14H2,1-2H3. The van der Waals surface area contributed by atoms with Crippen LogP contribution in [0.15, 0.2) is 24.4 Å². The monoisotopic (exact) mass is 235 g/mol. The predicted molar refractivity (Wildman–Crippen MR) is 63.8 cm³/mol. The Morgan fingerprint density at radius 1 is 1.47 bits per heavy atom. The summed E-state index contributed by atoms with van der Waals surface area (Å²) in [5, 5.41) is 4.23. The smallest absolute Gasteiger partial charge is 0.167 e. The van der Waals surface area contributed by atoms with Crippen molar-refractivity contribution in [2.24, 2.45) is 0 Å². The molecule has 1 heterocycles. The number of halogens is 1. The molecule has 0 aliphatic heterocycles. The van der Waals surface area contributed by atoms with Crippen LogP contribution < -0.4 is 10.5 Å². The Bertz CT molecular complexity index is 537. The summed E-state index contributed by atoms with van der Waals surface area (Å²) in [5.41, 5.74) is 7.58. The first kappa shape index (κ1) is 11.4. The summed E-state index contributed by atoms with van der Waals surface area (Å²) in [5.74, 6) is -0.276. The quantitative estimate of drug-likeness (QED) is 0.830. The van der Waals surface area contributed by atoms with Crippen LogP contribution in [0, 0.1) is 12.7 Å². The van der Waals surface area contributed by atoms with E-state index in [4.69, 9.17) is 10.5 Å². The van der Waals surface area contributed by atoms with Crippen LogP contribution in [0.5, 0.6) is 5.75 Å². The van der Waals surface area contributed by atoms with Gasteiger partial charge in [0.2, 0.25) is 0 Å². The van der Waals surface area contributed by atoms with E-state index in [-0.39, 0.29) is 5.75 Å². The minimum Gasteiger partial charge on any atom is -0.491 e. The van der Waals surface area contributed by atoms with Crippen molar-refractivity contribution in [3.05, 3.63) is 35.9 Å². The Morgan fingerprint density at radius 2 is 2.24 bits per heavy atom. The predicted octanol–water partition coefficient (Wildman–Crippen LogP) is 2.30. The molecule has 0 radical (unpaired) electrons. The first-order valence-corrected chi connectivity index (χ1v) is 5.36. The molecule has 0 bridgehead atoms. The fourth-order valence-electron chi connectivity index (χ4n) is 1.57. The molecule has 0 fully saturated rings. The number of nitrogen functional groups attached to an aromatic ring is 1. The van der Waals surface area contributed by atoms with E-state index in [2.05, 4.69) is 5.10 Å². The van der Waals surface area contributed by atoms with E-state index in [0.29, 0.717) is 18.0 Å². The van der Waals surface area contributed by atoms with Crippen LogP contribution in [-0.4, -0.2) is 16.4 Å². The van der Waals surface area contributed by atoms with Crippen molar-refractivity contribution in [1.82, 2.24) is 9.78 Å². The van der Waals surface area contributed by atoms with Crippen molar-refractivity contribution in [2.45, 2.75) is 13.8 Å². The summed E-state index contributed by atoms with van der Waals surface area (Å²) in [6, 6.07) is 4.65. The van der Waals surface area contributed by atoms with E-state index < -0.39 is 5.82 Å². The van der Waals surface area contributed by atoms with Crippen LogP contribution in [0.2, 0.25) is 0 Å². The minimum atomic E-state index is -0.461. The van der Waals surface area contributed by atoms with Gasteiger partial charge >= 0.3 is 0 Å². The van der Waals surface area contributed by atoms with Crippen LogP contribution in [0.4, 0.5) is 10.1 Å². The maximum atomic E-state index is 13.5. The van der Waals surface area contributed by atoms with Crippen molar-refractivity contribution in [3.63, 3.8) is 0 Å². The van der Waals surface area contributed by atoms with E-state index in [1.807, 2.05) is 13.0 Å². The van der Waals surface area contributed by atoms with E-state index in [1.165, 1.54) is 6.07 Å². The topological polar surface area (TPSA) is 53.1 Å². The maximum absolute atomic E-state index is 13.5. The van der Waals surface area contributed by atoms with Crippen molar-refractivity contribution in [1.29, 1.82) is 0 Å². The van der Waals surface area contributed by atoms with E-state index in [9.17, 15) is 4.39 Å². The zero-order chi connectivity index (χ0) is 12.4. The van der Waals surface area contributed by atoms with E-state index in [0.717, 1.165) is 5.69 Å². The van der Waals surface area contributed by atoms with Crippen molar-refractivity contribution in [2.75, 3.05) is 12.3 Å². The molecule has 1 aromatic heterocycles. The van der Waals surface area contributed by atoms with Gasteiger partial charge in [0, 0.05) is 18.3 Å². The van der Waals surface area contributed by atoms with Gasteiger partial charge in [0.25, 0.3) is 0 Å². The molecule has 5 heteroatoms. The minimum absolute atomic E-state index is 0.185. The van der Waals surface area contributed by atoms with Crippen molar-refractivity contribution >= 4 is 5.69 Å². The molecular formula is C12H14FN3O. The van der Waals surface area contributed by atoms with Crippen LogP contribution in [0.25, 0.3) is 5.69 Å². The van der Waals surface area contributed by atoms with Gasteiger partial charge in [-0.2, -0.15) is 5.10 Å². The number of hydrogen-bond acceptors (Lipinski definition) is 3. The average Bonchev–Trinajstić information content (AvgIpc) is 2.69. The lowest BCUT2D eigenvalue weighted by molar-refractivity contribution is 0.321. The molecule has 0 atom stereocenters. The molecule has 90 valence electrons. The third-order valence-corrected chi connectivity index (χ3v) is 2.35. The van der Waals surface area contributed by atoms with Gasteiger partial charge < -0.3 is 10.5 Å². The molecule has 0 saturated carbocycles. The van der Waals surface area contributed by atoms with Crippen LogP contribution >= 0.6 is 0 Å². The van der Waals surface area contributed by atoms with Gasteiger partial charge in [0.1, 0.15) is 0 Å². The zero-order valence-electron chi connectivity index (χ0n) is 9.77. The third-order valence-electron chi connectivity index (χ3n) is 2.35.